The van der Waals surface area contributed by atoms with Crippen LogP contribution in [0.3, 0.4) is 0 Å². The van der Waals surface area contributed by atoms with Crippen LogP contribution in [0.4, 0.5) is 15.3 Å². The Morgan fingerprint density at radius 1 is 0.711 bits per heavy atom. The summed E-state index contributed by atoms with van der Waals surface area (Å²) in [5.74, 6) is -0.0383. The highest BCUT2D eigenvalue weighted by Crippen LogP contribution is 2.20. The van der Waals surface area contributed by atoms with Crippen LogP contribution < -0.4 is 4.90 Å². The smallest absolute Gasteiger partial charge is 0.410 e. The van der Waals surface area contributed by atoms with Crippen LogP contribution in [0.1, 0.15) is 43.1 Å². The number of rotatable bonds is 4. The average molecular weight is 523 g/mol. The zero-order chi connectivity index (χ0) is 27.1. The summed E-state index contributed by atoms with van der Waals surface area (Å²) in [6.07, 6.45) is 0.209. The minimum absolute atomic E-state index is 0.0383. The van der Waals surface area contributed by atoms with Crippen molar-refractivity contribution in [2.45, 2.75) is 39.4 Å². The summed E-state index contributed by atoms with van der Waals surface area (Å²) in [5, 5.41) is 0. The molecule has 2 aliphatic rings. The first kappa shape index (κ1) is 27.3. The van der Waals surface area contributed by atoms with E-state index in [2.05, 4.69) is 4.90 Å². The summed E-state index contributed by atoms with van der Waals surface area (Å²) in [5.41, 5.74) is 2.08. The summed E-state index contributed by atoms with van der Waals surface area (Å²) >= 11 is 0. The van der Waals surface area contributed by atoms with E-state index in [0.717, 1.165) is 24.2 Å². The molecule has 3 amide bonds. The van der Waals surface area contributed by atoms with Crippen molar-refractivity contribution in [3.8, 4) is 0 Å². The fraction of sp³-hybridized carbons (Fsp3) is 0.483. The predicted octanol–water partition coefficient (Wildman–Crippen LogP) is 4.23. The molecule has 0 N–H and O–H groups in total. The molecule has 0 bridgehead atoms. The Hall–Kier alpha value is -3.75. The molecule has 9 heteroatoms. The summed E-state index contributed by atoms with van der Waals surface area (Å²) < 4.78 is 10.9. The van der Waals surface area contributed by atoms with Gasteiger partial charge in [-0.3, -0.25) is 4.79 Å². The molecule has 2 saturated heterocycles. The fourth-order valence-electron chi connectivity index (χ4n) is 4.58. The highest BCUT2D eigenvalue weighted by Gasteiger charge is 2.28. The van der Waals surface area contributed by atoms with Crippen LogP contribution in [-0.2, 0) is 16.1 Å². The molecule has 0 aromatic heterocycles. The number of piperazine rings is 1. The molecular weight excluding hydrogens is 484 g/mol. The van der Waals surface area contributed by atoms with Gasteiger partial charge in [0.05, 0.1) is 0 Å². The van der Waals surface area contributed by atoms with Gasteiger partial charge in [-0.05, 0) is 57.0 Å². The van der Waals surface area contributed by atoms with E-state index >= 15 is 0 Å². The third-order valence-electron chi connectivity index (χ3n) is 6.66. The Morgan fingerprint density at radius 2 is 1.32 bits per heavy atom. The molecule has 9 nitrogen and oxygen atoms in total. The average Bonchev–Trinajstić information content (AvgIpc) is 3.18. The monoisotopic (exact) mass is 522 g/mol. The minimum atomic E-state index is -0.539. The number of benzene rings is 2. The number of carbonyl (C=O) groups is 3. The van der Waals surface area contributed by atoms with Gasteiger partial charge < -0.3 is 29.1 Å². The molecule has 0 aliphatic carbocycles. The maximum atomic E-state index is 13.0. The van der Waals surface area contributed by atoms with Crippen molar-refractivity contribution in [3.05, 3.63) is 65.7 Å². The number of nitrogens with zero attached hydrogens (tertiary/aromatic N) is 4. The van der Waals surface area contributed by atoms with E-state index in [1.165, 1.54) is 0 Å². The molecule has 0 unspecified atom stereocenters. The summed E-state index contributed by atoms with van der Waals surface area (Å²) in [6.45, 7) is 10.4. The maximum absolute atomic E-state index is 13.0. The van der Waals surface area contributed by atoms with E-state index in [4.69, 9.17) is 9.47 Å². The van der Waals surface area contributed by atoms with Crippen molar-refractivity contribution >= 4 is 23.8 Å². The van der Waals surface area contributed by atoms with Gasteiger partial charge in [-0.25, -0.2) is 9.59 Å². The minimum Gasteiger partial charge on any atom is -0.445 e. The van der Waals surface area contributed by atoms with Gasteiger partial charge in [0.2, 0.25) is 0 Å². The Labute approximate surface area is 224 Å². The normalized spacial score (nSPS) is 16.6. The second-order valence-corrected chi connectivity index (χ2v) is 10.7. The van der Waals surface area contributed by atoms with Gasteiger partial charge in [-0.1, -0.05) is 30.3 Å². The van der Waals surface area contributed by atoms with Crippen molar-refractivity contribution < 1.29 is 23.9 Å². The molecule has 2 aromatic carbocycles. The van der Waals surface area contributed by atoms with Crippen molar-refractivity contribution in [2.24, 2.45) is 0 Å². The quantitative estimate of drug-likeness (QED) is 0.598. The van der Waals surface area contributed by atoms with Crippen LogP contribution in [0.25, 0.3) is 0 Å². The molecule has 2 fully saturated rings. The third kappa shape index (κ3) is 7.40. The number of amides is 3. The molecule has 0 saturated carbocycles. The number of hydrogen-bond donors (Lipinski definition) is 0. The lowest BCUT2D eigenvalue weighted by atomic mass is 10.1. The van der Waals surface area contributed by atoms with Crippen LogP contribution in [-0.4, -0.2) is 90.8 Å². The van der Waals surface area contributed by atoms with Crippen molar-refractivity contribution in [1.82, 2.24) is 14.7 Å². The van der Waals surface area contributed by atoms with E-state index in [-0.39, 0.29) is 24.7 Å². The Balaban J connectivity index is 1.25. The molecule has 0 radical (unpaired) electrons. The van der Waals surface area contributed by atoms with Crippen LogP contribution in [0.2, 0.25) is 0 Å². The van der Waals surface area contributed by atoms with Crippen LogP contribution in [0, 0.1) is 0 Å². The van der Waals surface area contributed by atoms with E-state index in [0.29, 0.717) is 51.4 Å². The van der Waals surface area contributed by atoms with E-state index in [1.807, 2.05) is 75.4 Å². The summed E-state index contributed by atoms with van der Waals surface area (Å²) in [4.78, 5) is 45.3. The first-order valence-electron chi connectivity index (χ1n) is 13.3. The topological polar surface area (TPSA) is 82.6 Å². The Bertz CT molecular complexity index is 1090. The molecule has 204 valence electrons. The van der Waals surface area contributed by atoms with Crippen molar-refractivity contribution in [3.63, 3.8) is 0 Å². The first-order chi connectivity index (χ1) is 18.2. The van der Waals surface area contributed by atoms with Crippen LogP contribution >= 0.6 is 0 Å². The fourth-order valence-corrected chi connectivity index (χ4v) is 4.58. The largest absolute Gasteiger partial charge is 0.445 e. The molecule has 2 aliphatic heterocycles. The lowest BCUT2D eigenvalue weighted by Crippen LogP contribution is -2.51. The number of anilines is 1. The van der Waals surface area contributed by atoms with Crippen molar-refractivity contribution in [1.29, 1.82) is 0 Å². The molecule has 2 heterocycles. The second kappa shape index (κ2) is 12.2. The third-order valence-corrected chi connectivity index (χ3v) is 6.66. The zero-order valence-electron chi connectivity index (χ0n) is 22.6. The van der Waals surface area contributed by atoms with Gasteiger partial charge in [0.1, 0.15) is 12.2 Å². The molecule has 38 heavy (non-hydrogen) atoms. The lowest BCUT2D eigenvalue weighted by molar-refractivity contribution is 0.0141. The molecule has 4 rings (SSSR count). The van der Waals surface area contributed by atoms with E-state index in [9.17, 15) is 14.4 Å². The van der Waals surface area contributed by atoms with E-state index in [1.54, 1.807) is 14.7 Å². The van der Waals surface area contributed by atoms with Crippen molar-refractivity contribution in [2.75, 3.05) is 57.3 Å². The second-order valence-electron chi connectivity index (χ2n) is 10.7. The number of ether oxygens (including phenoxy) is 2. The molecular formula is C29H38N4O5. The molecule has 0 spiro atoms. The summed E-state index contributed by atoms with van der Waals surface area (Å²) in [6, 6.07) is 17.3. The van der Waals surface area contributed by atoms with Gasteiger partial charge in [-0.15, -0.1) is 0 Å². The van der Waals surface area contributed by atoms with Crippen LogP contribution in [0.5, 0.6) is 0 Å². The van der Waals surface area contributed by atoms with Crippen LogP contribution in [0.15, 0.2) is 54.6 Å². The molecule has 0 atom stereocenters. The van der Waals surface area contributed by atoms with Gasteiger partial charge in [0.15, 0.2) is 0 Å². The first-order valence-corrected chi connectivity index (χ1v) is 13.3. The van der Waals surface area contributed by atoms with Gasteiger partial charge in [0, 0.05) is 63.6 Å². The highest BCUT2D eigenvalue weighted by molar-refractivity contribution is 5.94. The van der Waals surface area contributed by atoms with Gasteiger partial charge in [0.25, 0.3) is 5.91 Å². The Kier molecular flexibility index (Phi) is 8.76. The van der Waals surface area contributed by atoms with Gasteiger partial charge in [-0.2, -0.15) is 0 Å². The zero-order valence-corrected chi connectivity index (χ0v) is 22.6. The maximum Gasteiger partial charge on any atom is 0.410 e. The Morgan fingerprint density at radius 3 is 1.97 bits per heavy atom. The van der Waals surface area contributed by atoms with Gasteiger partial charge >= 0.3 is 12.2 Å². The standard InChI is InChI=1S/C29H38N4O5/c1-29(2,3)38-28(36)33-20-17-31(18-21-33)26(34)24-10-12-25(13-11-24)30-14-7-15-32(19-16-30)27(35)37-22-23-8-5-4-6-9-23/h4-6,8-13H,7,14-22H2,1-3H3. The van der Waals surface area contributed by atoms with E-state index < -0.39 is 5.60 Å². The SMILES string of the molecule is CC(C)(C)OC(=O)N1CCN(C(=O)c2ccc(N3CCCN(C(=O)OCc4ccccc4)CC3)cc2)CC1. The number of hydrogen-bond acceptors (Lipinski definition) is 6. The number of carbonyl (C=O) groups excluding carboxylic acids is 3. The molecule has 2 aromatic rings. The summed E-state index contributed by atoms with van der Waals surface area (Å²) in [7, 11) is 0. The predicted molar refractivity (Wildman–Crippen MR) is 145 cm³/mol. The lowest BCUT2D eigenvalue weighted by Gasteiger charge is -2.35. The highest BCUT2D eigenvalue weighted by atomic mass is 16.6.